The van der Waals surface area contributed by atoms with Gasteiger partial charge in [0.25, 0.3) is 0 Å². The van der Waals surface area contributed by atoms with Crippen molar-refractivity contribution in [2.75, 3.05) is 13.7 Å². The molecule has 7 heteroatoms. The molecule has 0 amide bonds. The first-order chi connectivity index (χ1) is 9.17. The monoisotopic (exact) mass is 363 g/mol. The van der Waals surface area contributed by atoms with Crippen LogP contribution in [0.3, 0.4) is 0 Å². The van der Waals surface area contributed by atoms with Crippen LogP contribution in [-0.2, 0) is 17.2 Å². The Labute approximate surface area is 129 Å². The summed E-state index contributed by atoms with van der Waals surface area (Å²) in [6.45, 7) is 1.22. The second-order valence-electron chi connectivity index (χ2n) is 3.84. The number of hydrogen-bond donors (Lipinski definition) is 0. The highest BCUT2D eigenvalue weighted by molar-refractivity contribution is 9.10. The molecule has 0 atom stereocenters. The highest BCUT2D eigenvalue weighted by atomic mass is 79.9. The smallest absolute Gasteiger partial charge is 0.165 e. The lowest BCUT2D eigenvalue weighted by Crippen LogP contribution is -2.09. The summed E-state index contributed by atoms with van der Waals surface area (Å²) in [5, 5.41) is 8.96. The Morgan fingerprint density at radius 1 is 1.37 bits per heavy atom. The molecule has 0 unspecified atom stereocenters. The lowest BCUT2D eigenvalue weighted by atomic mass is 10.2. The van der Waals surface area contributed by atoms with Crippen molar-refractivity contribution in [3.05, 3.63) is 33.5 Å². The number of halogens is 3. The first-order valence-electron chi connectivity index (χ1n) is 5.59. The standard InChI is InChI=1S/C12H12BrCl2N3O/c1-19-5-4-18-11(7-14)16-17-12(18)9-3-2-8(15)6-10(9)13/h2-3,6H,4-5,7H2,1H3. The largest absolute Gasteiger partial charge is 0.383 e. The van der Waals surface area contributed by atoms with Crippen molar-refractivity contribution >= 4 is 39.1 Å². The van der Waals surface area contributed by atoms with Gasteiger partial charge in [-0.2, -0.15) is 0 Å². The quantitative estimate of drug-likeness (QED) is 0.758. The number of alkyl halides is 1. The fraction of sp³-hybridized carbons (Fsp3) is 0.333. The summed E-state index contributed by atoms with van der Waals surface area (Å²) in [6, 6.07) is 5.54. The first-order valence-corrected chi connectivity index (χ1v) is 7.30. The SMILES string of the molecule is COCCn1c(CCl)nnc1-c1ccc(Cl)cc1Br. The zero-order valence-electron chi connectivity index (χ0n) is 10.2. The molecule has 0 aliphatic heterocycles. The van der Waals surface area contributed by atoms with Crippen molar-refractivity contribution < 1.29 is 4.74 Å². The normalized spacial score (nSPS) is 10.9. The predicted octanol–water partition coefficient (Wildman–Crippen LogP) is 3.75. The molecule has 0 bridgehead atoms. The van der Waals surface area contributed by atoms with Gasteiger partial charge in [0, 0.05) is 28.7 Å². The Morgan fingerprint density at radius 3 is 2.79 bits per heavy atom. The number of methoxy groups -OCH3 is 1. The van der Waals surface area contributed by atoms with E-state index in [0.29, 0.717) is 24.1 Å². The summed E-state index contributed by atoms with van der Waals surface area (Å²) in [6.07, 6.45) is 0. The molecule has 0 N–H and O–H groups in total. The average molecular weight is 365 g/mol. The molecule has 2 aromatic rings. The summed E-state index contributed by atoms with van der Waals surface area (Å²) < 4.78 is 7.92. The van der Waals surface area contributed by atoms with E-state index < -0.39 is 0 Å². The highest BCUT2D eigenvalue weighted by Gasteiger charge is 2.15. The van der Waals surface area contributed by atoms with Crippen molar-refractivity contribution in [1.29, 1.82) is 0 Å². The number of rotatable bonds is 5. The van der Waals surface area contributed by atoms with Crippen molar-refractivity contribution in [3.8, 4) is 11.4 Å². The topological polar surface area (TPSA) is 39.9 Å². The lowest BCUT2D eigenvalue weighted by Gasteiger charge is -2.10. The molecular formula is C12H12BrCl2N3O. The Morgan fingerprint density at radius 2 is 2.16 bits per heavy atom. The summed E-state index contributed by atoms with van der Waals surface area (Å²) in [5.41, 5.74) is 0.921. The molecule has 0 saturated heterocycles. The van der Waals surface area contributed by atoms with Crippen LogP contribution in [0.1, 0.15) is 5.82 Å². The van der Waals surface area contributed by atoms with E-state index in [0.717, 1.165) is 21.7 Å². The van der Waals surface area contributed by atoms with Crippen LogP contribution in [0, 0.1) is 0 Å². The minimum Gasteiger partial charge on any atom is -0.383 e. The van der Waals surface area contributed by atoms with E-state index >= 15 is 0 Å². The van der Waals surface area contributed by atoms with Gasteiger partial charge in [-0.1, -0.05) is 11.6 Å². The molecule has 0 radical (unpaired) electrons. The number of aromatic nitrogens is 3. The van der Waals surface area contributed by atoms with E-state index in [9.17, 15) is 0 Å². The Balaban J connectivity index is 2.46. The van der Waals surface area contributed by atoms with E-state index in [-0.39, 0.29) is 0 Å². The molecule has 0 saturated carbocycles. The zero-order valence-corrected chi connectivity index (χ0v) is 13.3. The van der Waals surface area contributed by atoms with Crippen molar-refractivity contribution in [2.24, 2.45) is 0 Å². The lowest BCUT2D eigenvalue weighted by molar-refractivity contribution is 0.187. The Bertz CT molecular complexity index is 574. The fourth-order valence-corrected chi connectivity index (χ4v) is 2.78. The van der Waals surface area contributed by atoms with Crippen molar-refractivity contribution in [3.63, 3.8) is 0 Å². The molecule has 4 nitrogen and oxygen atoms in total. The van der Waals surface area contributed by atoms with Gasteiger partial charge in [0.1, 0.15) is 5.82 Å². The second-order valence-corrected chi connectivity index (χ2v) is 5.40. The molecular weight excluding hydrogens is 353 g/mol. The molecule has 0 spiro atoms. The minimum absolute atomic E-state index is 0.307. The van der Waals surface area contributed by atoms with E-state index in [1.807, 2.05) is 22.8 Å². The van der Waals surface area contributed by atoms with Crippen LogP contribution in [0.25, 0.3) is 11.4 Å². The molecule has 1 aromatic carbocycles. The van der Waals surface area contributed by atoms with E-state index in [4.69, 9.17) is 27.9 Å². The third-order valence-corrected chi connectivity index (χ3v) is 3.77. The van der Waals surface area contributed by atoms with Gasteiger partial charge >= 0.3 is 0 Å². The van der Waals surface area contributed by atoms with Crippen LogP contribution in [0.2, 0.25) is 5.02 Å². The van der Waals surface area contributed by atoms with Crippen molar-refractivity contribution in [1.82, 2.24) is 14.8 Å². The maximum absolute atomic E-state index is 5.95. The first kappa shape index (κ1) is 14.8. The molecule has 1 heterocycles. The third-order valence-electron chi connectivity index (χ3n) is 2.64. The third kappa shape index (κ3) is 3.28. The minimum atomic E-state index is 0.307. The molecule has 0 aliphatic carbocycles. The molecule has 2 rings (SSSR count). The van der Waals surface area contributed by atoms with Crippen LogP contribution >= 0.6 is 39.1 Å². The maximum atomic E-state index is 5.95. The van der Waals surface area contributed by atoms with E-state index in [1.54, 1.807) is 7.11 Å². The molecule has 0 fully saturated rings. The molecule has 1 aromatic heterocycles. The van der Waals surface area contributed by atoms with Crippen LogP contribution in [0.5, 0.6) is 0 Å². The number of nitrogens with zero attached hydrogens (tertiary/aromatic N) is 3. The van der Waals surface area contributed by atoms with Gasteiger partial charge in [0.2, 0.25) is 0 Å². The van der Waals surface area contributed by atoms with Crippen LogP contribution in [0.15, 0.2) is 22.7 Å². The van der Waals surface area contributed by atoms with E-state index in [1.165, 1.54) is 0 Å². The van der Waals surface area contributed by atoms with Crippen LogP contribution in [0.4, 0.5) is 0 Å². The average Bonchev–Trinajstić information content (AvgIpc) is 2.79. The molecule has 0 aliphatic rings. The summed E-state index contributed by atoms with van der Waals surface area (Å²) in [5.74, 6) is 1.77. The maximum Gasteiger partial charge on any atom is 0.165 e. The van der Waals surface area contributed by atoms with Gasteiger partial charge in [-0.05, 0) is 34.1 Å². The Kier molecular flexibility index (Phi) is 5.21. The van der Waals surface area contributed by atoms with Gasteiger partial charge in [-0.3, -0.25) is 0 Å². The highest BCUT2D eigenvalue weighted by Crippen LogP contribution is 2.30. The second kappa shape index (κ2) is 6.70. The zero-order chi connectivity index (χ0) is 13.8. The predicted molar refractivity (Wildman–Crippen MR) is 79.6 cm³/mol. The number of ether oxygens (including phenoxy) is 1. The van der Waals surface area contributed by atoms with Crippen LogP contribution < -0.4 is 0 Å². The Hall–Kier alpha value is -0.620. The number of hydrogen-bond acceptors (Lipinski definition) is 3. The summed E-state index contributed by atoms with van der Waals surface area (Å²) in [7, 11) is 1.66. The molecule has 19 heavy (non-hydrogen) atoms. The summed E-state index contributed by atoms with van der Waals surface area (Å²) in [4.78, 5) is 0. The van der Waals surface area contributed by atoms with Gasteiger partial charge in [0.05, 0.1) is 12.5 Å². The number of benzene rings is 1. The van der Waals surface area contributed by atoms with E-state index in [2.05, 4.69) is 26.1 Å². The van der Waals surface area contributed by atoms with Crippen molar-refractivity contribution in [2.45, 2.75) is 12.4 Å². The summed E-state index contributed by atoms with van der Waals surface area (Å²) >= 11 is 15.3. The molecule has 102 valence electrons. The fourth-order valence-electron chi connectivity index (χ4n) is 1.72. The van der Waals surface area contributed by atoms with Crippen LogP contribution in [-0.4, -0.2) is 28.5 Å². The van der Waals surface area contributed by atoms with Gasteiger partial charge < -0.3 is 9.30 Å². The van der Waals surface area contributed by atoms with Gasteiger partial charge in [0.15, 0.2) is 5.82 Å². The van der Waals surface area contributed by atoms with Gasteiger partial charge in [-0.25, -0.2) is 0 Å². The van der Waals surface area contributed by atoms with Gasteiger partial charge in [-0.15, -0.1) is 21.8 Å².